The number of anilines is 1. The third-order valence-corrected chi connectivity index (χ3v) is 2.69. The lowest BCUT2D eigenvalue weighted by Crippen LogP contribution is -1.98. The summed E-state index contributed by atoms with van der Waals surface area (Å²) in [7, 11) is 0. The Hall–Kier alpha value is -1.86. The molecule has 0 fully saturated rings. The van der Waals surface area contributed by atoms with Crippen LogP contribution in [0.5, 0.6) is 0 Å². The highest BCUT2D eigenvalue weighted by Gasteiger charge is 1.96. The lowest BCUT2D eigenvalue weighted by atomic mass is 10.1. The summed E-state index contributed by atoms with van der Waals surface area (Å²) >= 11 is 1.58. The standard InChI is InChI=1S/C11H9N3S/c12-7-9-1-3-10(4-2-9)8-14-11-13-5-6-15-11/h1-6H,8H2,(H,13,14). The highest BCUT2D eigenvalue weighted by atomic mass is 32.1. The first-order valence-electron chi connectivity index (χ1n) is 4.51. The molecule has 0 bridgehead atoms. The van der Waals surface area contributed by atoms with Gasteiger partial charge in [0.1, 0.15) is 0 Å². The maximum atomic E-state index is 8.63. The van der Waals surface area contributed by atoms with E-state index in [1.54, 1.807) is 17.5 Å². The fourth-order valence-electron chi connectivity index (χ4n) is 1.19. The molecule has 0 unspecified atom stereocenters. The number of benzene rings is 1. The van der Waals surface area contributed by atoms with Crippen molar-refractivity contribution in [3.63, 3.8) is 0 Å². The van der Waals surface area contributed by atoms with Gasteiger partial charge in [-0.05, 0) is 17.7 Å². The van der Waals surface area contributed by atoms with Crippen LogP contribution >= 0.6 is 11.3 Å². The van der Waals surface area contributed by atoms with E-state index in [1.807, 2.05) is 29.6 Å². The van der Waals surface area contributed by atoms with Crippen molar-refractivity contribution in [1.29, 1.82) is 5.26 Å². The van der Waals surface area contributed by atoms with Crippen molar-refractivity contribution in [2.45, 2.75) is 6.54 Å². The summed E-state index contributed by atoms with van der Waals surface area (Å²) in [4.78, 5) is 4.12. The maximum absolute atomic E-state index is 8.63. The van der Waals surface area contributed by atoms with E-state index in [4.69, 9.17) is 5.26 Å². The van der Waals surface area contributed by atoms with Gasteiger partial charge in [-0.2, -0.15) is 5.26 Å². The number of rotatable bonds is 3. The van der Waals surface area contributed by atoms with Gasteiger partial charge >= 0.3 is 0 Å². The molecule has 0 saturated carbocycles. The lowest BCUT2D eigenvalue weighted by Gasteiger charge is -2.02. The Bertz CT molecular complexity index is 454. The predicted molar refractivity (Wildman–Crippen MR) is 60.6 cm³/mol. The monoisotopic (exact) mass is 215 g/mol. The third-order valence-electron chi connectivity index (χ3n) is 1.96. The van der Waals surface area contributed by atoms with Crippen LogP contribution in [-0.4, -0.2) is 4.98 Å². The van der Waals surface area contributed by atoms with Gasteiger partial charge in [-0.25, -0.2) is 4.98 Å². The van der Waals surface area contributed by atoms with E-state index in [1.165, 1.54) is 0 Å². The molecule has 2 aromatic rings. The van der Waals surface area contributed by atoms with Gasteiger partial charge in [-0.1, -0.05) is 12.1 Å². The van der Waals surface area contributed by atoms with Crippen molar-refractivity contribution < 1.29 is 0 Å². The molecule has 1 heterocycles. The van der Waals surface area contributed by atoms with E-state index < -0.39 is 0 Å². The van der Waals surface area contributed by atoms with Crippen LogP contribution in [0, 0.1) is 11.3 Å². The Labute approximate surface area is 92.0 Å². The average Bonchev–Trinajstić information content (AvgIpc) is 2.80. The molecule has 15 heavy (non-hydrogen) atoms. The van der Waals surface area contributed by atoms with Crippen LogP contribution in [0.4, 0.5) is 5.13 Å². The Balaban J connectivity index is 1.97. The molecule has 0 atom stereocenters. The average molecular weight is 215 g/mol. The minimum atomic E-state index is 0.688. The number of thiazole rings is 1. The molecule has 0 amide bonds. The van der Waals surface area contributed by atoms with Crippen molar-refractivity contribution in [2.75, 3.05) is 5.32 Å². The summed E-state index contributed by atoms with van der Waals surface area (Å²) in [5, 5.41) is 14.7. The topological polar surface area (TPSA) is 48.7 Å². The van der Waals surface area contributed by atoms with E-state index in [-0.39, 0.29) is 0 Å². The molecular formula is C11H9N3S. The molecule has 0 aliphatic carbocycles. The largest absolute Gasteiger partial charge is 0.357 e. The van der Waals surface area contributed by atoms with E-state index in [2.05, 4.69) is 16.4 Å². The number of nitrogens with one attached hydrogen (secondary N) is 1. The molecule has 0 aliphatic rings. The molecule has 0 aliphatic heterocycles. The van der Waals surface area contributed by atoms with E-state index in [0.29, 0.717) is 5.56 Å². The highest BCUT2D eigenvalue weighted by Crippen LogP contribution is 2.12. The SMILES string of the molecule is N#Cc1ccc(CNc2nccs2)cc1. The molecule has 0 spiro atoms. The van der Waals surface area contributed by atoms with E-state index in [9.17, 15) is 0 Å². The van der Waals surface area contributed by atoms with Crippen molar-refractivity contribution in [1.82, 2.24) is 4.98 Å². The first-order valence-corrected chi connectivity index (χ1v) is 5.39. The van der Waals surface area contributed by atoms with Crippen molar-refractivity contribution in [3.05, 3.63) is 47.0 Å². The van der Waals surface area contributed by atoms with E-state index >= 15 is 0 Å². The molecule has 74 valence electrons. The van der Waals surface area contributed by atoms with Crippen LogP contribution in [0.3, 0.4) is 0 Å². The molecule has 0 radical (unpaired) electrons. The zero-order chi connectivity index (χ0) is 10.5. The van der Waals surface area contributed by atoms with Crippen molar-refractivity contribution >= 4 is 16.5 Å². The number of nitriles is 1. The summed E-state index contributed by atoms with van der Waals surface area (Å²) in [6.07, 6.45) is 1.77. The number of nitrogens with zero attached hydrogens (tertiary/aromatic N) is 2. The molecule has 0 saturated heterocycles. The van der Waals surface area contributed by atoms with Crippen LogP contribution in [-0.2, 0) is 6.54 Å². The van der Waals surface area contributed by atoms with Gasteiger partial charge in [0, 0.05) is 18.1 Å². The van der Waals surface area contributed by atoms with Crippen LogP contribution < -0.4 is 5.32 Å². The first kappa shape index (κ1) is 9.69. The van der Waals surface area contributed by atoms with Gasteiger partial charge in [-0.15, -0.1) is 11.3 Å². The second-order valence-electron chi connectivity index (χ2n) is 3.00. The summed E-state index contributed by atoms with van der Waals surface area (Å²) in [6.45, 7) is 0.735. The Morgan fingerprint density at radius 1 is 1.33 bits per heavy atom. The fourth-order valence-corrected chi connectivity index (χ4v) is 1.71. The van der Waals surface area contributed by atoms with Crippen LogP contribution in [0.1, 0.15) is 11.1 Å². The molecular weight excluding hydrogens is 206 g/mol. The molecule has 2 rings (SSSR count). The summed E-state index contributed by atoms with van der Waals surface area (Å²) in [5.74, 6) is 0. The minimum Gasteiger partial charge on any atom is -0.357 e. The molecule has 4 heteroatoms. The zero-order valence-electron chi connectivity index (χ0n) is 7.97. The summed E-state index contributed by atoms with van der Waals surface area (Å²) < 4.78 is 0. The second-order valence-corrected chi connectivity index (χ2v) is 3.89. The lowest BCUT2D eigenvalue weighted by molar-refractivity contribution is 1.13. The third kappa shape index (κ3) is 2.55. The second kappa shape index (κ2) is 4.58. The zero-order valence-corrected chi connectivity index (χ0v) is 8.79. The normalized spacial score (nSPS) is 9.53. The van der Waals surface area contributed by atoms with Gasteiger partial charge in [0.2, 0.25) is 0 Å². The van der Waals surface area contributed by atoms with E-state index in [0.717, 1.165) is 17.2 Å². The van der Waals surface area contributed by atoms with Crippen molar-refractivity contribution in [2.24, 2.45) is 0 Å². The molecule has 1 aromatic carbocycles. The molecule has 1 aromatic heterocycles. The Kier molecular flexibility index (Phi) is 2.96. The summed E-state index contributed by atoms with van der Waals surface area (Å²) in [6, 6.07) is 9.62. The van der Waals surface area contributed by atoms with Gasteiger partial charge in [0.15, 0.2) is 5.13 Å². The Morgan fingerprint density at radius 2 is 2.13 bits per heavy atom. The van der Waals surface area contributed by atoms with Crippen LogP contribution in [0.15, 0.2) is 35.8 Å². The van der Waals surface area contributed by atoms with Gasteiger partial charge in [0.25, 0.3) is 0 Å². The van der Waals surface area contributed by atoms with Crippen LogP contribution in [0.25, 0.3) is 0 Å². The predicted octanol–water partition coefficient (Wildman–Crippen LogP) is 2.63. The van der Waals surface area contributed by atoms with Crippen LogP contribution in [0.2, 0.25) is 0 Å². The minimum absolute atomic E-state index is 0.688. The van der Waals surface area contributed by atoms with Crippen molar-refractivity contribution in [3.8, 4) is 6.07 Å². The van der Waals surface area contributed by atoms with Gasteiger partial charge in [0.05, 0.1) is 11.6 Å². The fraction of sp³-hybridized carbons (Fsp3) is 0.0909. The Morgan fingerprint density at radius 3 is 2.73 bits per heavy atom. The maximum Gasteiger partial charge on any atom is 0.182 e. The number of hydrogen-bond acceptors (Lipinski definition) is 4. The molecule has 3 nitrogen and oxygen atoms in total. The highest BCUT2D eigenvalue weighted by molar-refractivity contribution is 7.13. The molecule has 1 N–H and O–H groups in total. The number of aromatic nitrogens is 1. The quantitative estimate of drug-likeness (QED) is 0.856. The number of hydrogen-bond donors (Lipinski definition) is 1. The first-order chi connectivity index (χ1) is 7.38. The summed E-state index contributed by atoms with van der Waals surface area (Å²) in [5.41, 5.74) is 1.83. The van der Waals surface area contributed by atoms with Gasteiger partial charge < -0.3 is 5.32 Å². The smallest absolute Gasteiger partial charge is 0.182 e. The van der Waals surface area contributed by atoms with Gasteiger partial charge in [-0.3, -0.25) is 0 Å².